The van der Waals surface area contributed by atoms with Crippen LogP contribution in [-0.2, 0) is 4.74 Å². The number of aliphatic hydroxyl groups is 1. The molecule has 0 heterocycles. The van der Waals surface area contributed by atoms with Gasteiger partial charge in [-0.1, -0.05) is 6.92 Å². The van der Waals surface area contributed by atoms with Crippen molar-refractivity contribution in [3.8, 4) is 0 Å². The van der Waals surface area contributed by atoms with Crippen molar-refractivity contribution >= 4 is 0 Å². The van der Waals surface area contributed by atoms with E-state index in [9.17, 15) is 5.11 Å². The summed E-state index contributed by atoms with van der Waals surface area (Å²) in [6.45, 7) is 7.27. The molecule has 0 bridgehead atoms. The summed E-state index contributed by atoms with van der Waals surface area (Å²) in [4.78, 5) is 0. The van der Waals surface area contributed by atoms with Crippen LogP contribution >= 0.6 is 0 Å². The van der Waals surface area contributed by atoms with Gasteiger partial charge in [0.2, 0.25) is 0 Å². The molecule has 0 amide bonds. The minimum atomic E-state index is -0.274. The molecule has 0 aromatic carbocycles. The highest BCUT2D eigenvalue weighted by Gasteiger charge is 2.18. The van der Waals surface area contributed by atoms with E-state index >= 15 is 0 Å². The van der Waals surface area contributed by atoms with E-state index in [-0.39, 0.29) is 18.2 Å². The van der Waals surface area contributed by atoms with Gasteiger partial charge in [-0.25, -0.2) is 0 Å². The summed E-state index contributed by atoms with van der Waals surface area (Å²) in [5, 5.41) is 12.7. The zero-order valence-electron chi connectivity index (χ0n) is 10.4. The Morgan fingerprint density at radius 1 is 1.33 bits per heavy atom. The lowest BCUT2D eigenvalue weighted by Crippen LogP contribution is -2.47. The normalized spacial score (nSPS) is 19.6. The molecule has 92 valence electrons. The number of hydrogen-bond acceptors (Lipinski definition) is 4. The quantitative estimate of drug-likeness (QED) is 0.550. The largest absolute Gasteiger partial charge is 0.393 e. The molecule has 0 saturated carbocycles. The van der Waals surface area contributed by atoms with Gasteiger partial charge in [-0.2, -0.15) is 0 Å². The van der Waals surface area contributed by atoms with Crippen LogP contribution in [0.25, 0.3) is 0 Å². The van der Waals surface area contributed by atoms with Gasteiger partial charge in [0.05, 0.1) is 12.7 Å². The first-order valence-electron chi connectivity index (χ1n) is 5.64. The van der Waals surface area contributed by atoms with Crippen LogP contribution in [0, 0.1) is 5.92 Å². The Morgan fingerprint density at radius 2 is 1.93 bits per heavy atom. The predicted octanol–water partition coefficient (Wildman–Crippen LogP) is 0.345. The lowest BCUT2D eigenvalue weighted by Gasteiger charge is -2.27. The number of nitrogens with one attached hydrogen (secondary N) is 1. The minimum Gasteiger partial charge on any atom is -0.393 e. The third-order valence-electron chi connectivity index (χ3n) is 2.56. The topological polar surface area (TPSA) is 67.5 Å². The zero-order chi connectivity index (χ0) is 11.8. The van der Waals surface area contributed by atoms with Gasteiger partial charge in [0.15, 0.2) is 0 Å². The van der Waals surface area contributed by atoms with Crippen LogP contribution in [0.4, 0.5) is 0 Å². The van der Waals surface area contributed by atoms with E-state index in [1.54, 1.807) is 14.0 Å². The van der Waals surface area contributed by atoms with Gasteiger partial charge in [-0.05, 0) is 26.2 Å². The standard InChI is InChI=1S/C11H26N2O2/c1-8(7-15-4)11(6-12)13-9(2)5-10(3)14/h8-11,13-14H,5-7,12H2,1-4H3. The second kappa shape index (κ2) is 8.05. The Morgan fingerprint density at radius 3 is 2.33 bits per heavy atom. The van der Waals surface area contributed by atoms with E-state index in [0.717, 1.165) is 6.42 Å². The van der Waals surface area contributed by atoms with E-state index in [4.69, 9.17) is 10.5 Å². The number of hydrogen-bond donors (Lipinski definition) is 3. The molecule has 4 nitrogen and oxygen atoms in total. The Hall–Kier alpha value is -0.160. The molecule has 0 aromatic rings. The number of rotatable bonds is 8. The molecule has 4 heteroatoms. The van der Waals surface area contributed by atoms with E-state index < -0.39 is 0 Å². The average molecular weight is 218 g/mol. The molecule has 4 N–H and O–H groups in total. The van der Waals surface area contributed by atoms with Gasteiger partial charge in [-0.15, -0.1) is 0 Å². The highest BCUT2D eigenvalue weighted by atomic mass is 16.5. The van der Waals surface area contributed by atoms with Crippen LogP contribution in [0.1, 0.15) is 27.2 Å². The number of ether oxygens (including phenoxy) is 1. The monoisotopic (exact) mass is 218 g/mol. The molecule has 0 fully saturated rings. The smallest absolute Gasteiger partial charge is 0.0526 e. The van der Waals surface area contributed by atoms with Crippen molar-refractivity contribution in [2.24, 2.45) is 11.7 Å². The third kappa shape index (κ3) is 6.84. The average Bonchev–Trinajstić information content (AvgIpc) is 2.13. The maximum absolute atomic E-state index is 9.25. The maximum Gasteiger partial charge on any atom is 0.0526 e. The summed E-state index contributed by atoms with van der Waals surface area (Å²) in [7, 11) is 1.70. The predicted molar refractivity (Wildman–Crippen MR) is 62.8 cm³/mol. The van der Waals surface area contributed by atoms with Gasteiger partial charge < -0.3 is 20.9 Å². The second-order valence-corrected chi connectivity index (χ2v) is 4.43. The number of nitrogens with two attached hydrogens (primary N) is 1. The second-order valence-electron chi connectivity index (χ2n) is 4.43. The summed E-state index contributed by atoms with van der Waals surface area (Å²) < 4.78 is 5.10. The molecule has 0 aliphatic heterocycles. The summed E-state index contributed by atoms with van der Waals surface area (Å²) in [5.41, 5.74) is 5.70. The fourth-order valence-corrected chi connectivity index (χ4v) is 1.79. The van der Waals surface area contributed by atoms with Crippen LogP contribution < -0.4 is 11.1 Å². The minimum absolute atomic E-state index is 0.249. The van der Waals surface area contributed by atoms with Gasteiger partial charge >= 0.3 is 0 Å². The van der Waals surface area contributed by atoms with E-state index in [2.05, 4.69) is 19.2 Å². The lowest BCUT2D eigenvalue weighted by atomic mass is 10.0. The lowest BCUT2D eigenvalue weighted by molar-refractivity contribution is 0.129. The Balaban J connectivity index is 3.96. The van der Waals surface area contributed by atoms with E-state index in [0.29, 0.717) is 19.1 Å². The molecular weight excluding hydrogens is 192 g/mol. The van der Waals surface area contributed by atoms with Gasteiger partial charge in [0.1, 0.15) is 0 Å². The zero-order valence-corrected chi connectivity index (χ0v) is 10.4. The number of aliphatic hydroxyl groups excluding tert-OH is 1. The van der Waals surface area contributed by atoms with Crippen molar-refractivity contribution in [2.45, 2.75) is 45.4 Å². The first kappa shape index (κ1) is 14.8. The van der Waals surface area contributed by atoms with Crippen molar-refractivity contribution < 1.29 is 9.84 Å². The molecule has 0 aliphatic carbocycles. The maximum atomic E-state index is 9.25. The van der Waals surface area contributed by atoms with E-state index in [1.165, 1.54) is 0 Å². The van der Waals surface area contributed by atoms with Crippen molar-refractivity contribution in [1.82, 2.24) is 5.32 Å². The molecule has 0 radical (unpaired) electrons. The van der Waals surface area contributed by atoms with Crippen LogP contribution in [0.5, 0.6) is 0 Å². The molecule has 4 atom stereocenters. The molecule has 4 unspecified atom stereocenters. The Kier molecular flexibility index (Phi) is 7.96. The molecule has 15 heavy (non-hydrogen) atoms. The third-order valence-corrected chi connectivity index (χ3v) is 2.56. The molecular formula is C11H26N2O2. The van der Waals surface area contributed by atoms with Crippen LogP contribution in [0.2, 0.25) is 0 Å². The van der Waals surface area contributed by atoms with Crippen molar-refractivity contribution in [3.63, 3.8) is 0 Å². The van der Waals surface area contributed by atoms with Crippen LogP contribution in [0.15, 0.2) is 0 Å². The summed E-state index contributed by atoms with van der Waals surface area (Å²) in [5.74, 6) is 0.386. The molecule has 0 spiro atoms. The first-order chi connectivity index (χ1) is 7.01. The summed E-state index contributed by atoms with van der Waals surface area (Å²) in [6.07, 6.45) is 0.472. The van der Waals surface area contributed by atoms with Crippen LogP contribution in [0.3, 0.4) is 0 Å². The van der Waals surface area contributed by atoms with Gasteiger partial charge in [-0.3, -0.25) is 0 Å². The summed E-state index contributed by atoms with van der Waals surface area (Å²) in [6, 6.07) is 0.525. The van der Waals surface area contributed by atoms with Crippen molar-refractivity contribution in [3.05, 3.63) is 0 Å². The number of methoxy groups -OCH3 is 1. The SMILES string of the molecule is COCC(C)C(CN)NC(C)CC(C)O. The first-order valence-corrected chi connectivity index (χ1v) is 5.64. The van der Waals surface area contributed by atoms with E-state index in [1.807, 2.05) is 0 Å². The molecule has 0 aromatic heterocycles. The molecule has 0 aliphatic rings. The highest BCUT2D eigenvalue weighted by molar-refractivity contribution is 4.78. The fourth-order valence-electron chi connectivity index (χ4n) is 1.79. The Labute approximate surface area is 93.2 Å². The van der Waals surface area contributed by atoms with Crippen molar-refractivity contribution in [1.29, 1.82) is 0 Å². The Bertz CT molecular complexity index is 154. The fraction of sp³-hybridized carbons (Fsp3) is 1.00. The highest BCUT2D eigenvalue weighted by Crippen LogP contribution is 2.05. The van der Waals surface area contributed by atoms with Gasteiger partial charge in [0, 0.05) is 25.7 Å². The van der Waals surface area contributed by atoms with Gasteiger partial charge in [0.25, 0.3) is 0 Å². The van der Waals surface area contributed by atoms with Crippen LogP contribution in [-0.4, -0.2) is 43.6 Å². The van der Waals surface area contributed by atoms with Crippen molar-refractivity contribution in [2.75, 3.05) is 20.3 Å². The summed E-state index contributed by atoms with van der Waals surface area (Å²) >= 11 is 0. The molecule has 0 rings (SSSR count). The molecule has 0 saturated heterocycles.